The minimum absolute atomic E-state index is 0.233. The molecule has 1 aliphatic heterocycles. The van der Waals surface area contributed by atoms with Gasteiger partial charge in [-0.2, -0.15) is 0 Å². The van der Waals surface area contributed by atoms with Gasteiger partial charge in [-0.25, -0.2) is 4.79 Å². The number of fused-ring (bicyclic) bond motifs is 1. The maximum Gasteiger partial charge on any atom is 0.410 e. The van der Waals surface area contributed by atoms with Crippen molar-refractivity contribution in [3.63, 3.8) is 0 Å². The fourth-order valence-corrected chi connectivity index (χ4v) is 2.45. The van der Waals surface area contributed by atoms with Crippen molar-refractivity contribution < 1.29 is 9.53 Å². The van der Waals surface area contributed by atoms with E-state index in [2.05, 4.69) is 37.4 Å². The third kappa shape index (κ3) is 4.47. The van der Waals surface area contributed by atoms with E-state index in [0.29, 0.717) is 19.1 Å². The summed E-state index contributed by atoms with van der Waals surface area (Å²) in [4.78, 5) is 13.9. The van der Waals surface area contributed by atoms with Crippen LogP contribution < -0.4 is 5.32 Å². The number of ether oxygens (including phenoxy) is 1. The molecule has 0 saturated carbocycles. The predicted molar refractivity (Wildman–Crippen MR) is 88.5 cm³/mol. The van der Waals surface area contributed by atoms with Crippen molar-refractivity contribution >= 4 is 6.09 Å². The summed E-state index contributed by atoms with van der Waals surface area (Å²) < 4.78 is 5.45. The van der Waals surface area contributed by atoms with Crippen molar-refractivity contribution in [1.82, 2.24) is 10.2 Å². The van der Waals surface area contributed by atoms with Crippen LogP contribution in [-0.2, 0) is 24.4 Å². The lowest BCUT2D eigenvalue weighted by atomic mass is 10.1. The minimum atomic E-state index is -0.447. The summed E-state index contributed by atoms with van der Waals surface area (Å²) in [5.41, 5.74) is 3.27. The van der Waals surface area contributed by atoms with Gasteiger partial charge in [0.05, 0.1) is 0 Å². The molecule has 22 heavy (non-hydrogen) atoms. The van der Waals surface area contributed by atoms with Crippen molar-refractivity contribution in [3.05, 3.63) is 34.9 Å². The SMILES string of the molecule is CCC(C)NCc1ccc2c(c1)CN(C(=O)OC(C)(C)C)C2. The number of rotatable bonds is 4. The largest absolute Gasteiger partial charge is 0.444 e. The first kappa shape index (κ1) is 16.8. The van der Waals surface area contributed by atoms with Gasteiger partial charge in [0.15, 0.2) is 0 Å². The zero-order valence-electron chi connectivity index (χ0n) is 14.4. The van der Waals surface area contributed by atoms with Gasteiger partial charge in [-0.05, 0) is 50.8 Å². The van der Waals surface area contributed by atoms with E-state index in [0.717, 1.165) is 13.0 Å². The number of hydrogen-bond donors (Lipinski definition) is 1. The fraction of sp³-hybridized carbons (Fsp3) is 0.611. The Bertz CT molecular complexity index is 534. The van der Waals surface area contributed by atoms with Gasteiger partial charge in [-0.3, -0.25) is 4.90 Å². The van der Waals surface area contributed by atoms with E-state index in [9.17, 15) is 4.79 Å². The van der Waals surface area contributed by atoms with Crippen LogP contribution in [0.15, 0.2) is 18.2 Å². The lowest BCUT2D eigenvalue weighted by Crippen LogP contribution is -2.33. The van der Waals surface area contributed by atoms with Gasteiger partial charge in [0.25, 0.3) is 0 Å². The first-order chi connectivity index (χ1) is 10.3. The summed E-state index contributed by atoms with van der Waals surface area (Å²) in [6, 6.07) is 7.00. The first-order valence-electron chi connectivity index (χ1n) is 8.10. The molecule has 1 unspecified atom stereocenters. The highest BCUT2D eigenvalue weighted by atomic mass is 16.6. The molecular weight excluding hydrogens is 276 g/mol. The number of benzene rings is 1. The molecular formula is C18H28N2O2. The standard InChI is InChI=1S/C18H28N2O2/c1-6-13(2)19-10-14-7-8-15-11-20(12-16(15)9-14)17(21)22-18(3,4)5/h7-9,13,19H,6,10-12H2,1-5H3. The first-order valence-corrected chi connectivity index (χ1v) is 8.10. The molecule has 1 aliphatic rings. The number of hydrogen-bond acceptors (Lipinski definition) is 3. The molecule has 1 aromatic carbocycles. The second-order valence-electron chi connectivity index (χ2n) is 7.13. The van der Waals surface area contributed by atoms with Crippen LogP contribution >= 0.6 is 0 Å². The van der Waals surface area contributed by atoms with Gasteiger partial charge in [-0.15, -0.1) is 0 Å². The quantitative estimate of drug-likeness (QED) is 0.919. The molecule has 0 fully saturated rings. The Balaban J connectivity index is 1.98. The zero-order valence-corrected chi connectivity index (χ0v) is 14.4. The second-order valence-corrected chi connectivity index (χ2v) is 7.13. The summed E-state index contributed by atoms with van der Waals surface area (Å²) in [6.45, 7) is 12.2. The average molecular weight is 304 g/mol. The molecule has 4 heteroatoms. The molecule has 0 aromatic heterocycles. The van der Waals surface area contributed by atoms with Gasteiger partial charge in [-0.1, -0.05) is 25.1 Å². The highest BCUT2D eigenvalue weighted by Crippen LogP contribution is 2.25. The molecule has 0 bridgehead atoms. The van der Waals surface area contributed by atoms with Crippen LogP contribution in [0, 0.1) is 0 Å². The molecule has 0 radical (unpaired) electrons. The molecule has 0 saturated heterocycles. The fourth-order valence-electron chi connectivity index (χ4n) is 2.45. The van der Waals surface area contributed by atoms with Gasteiger partial charge >= 0.3 is 6.09 Å². The molecule has 1 heterocycles. The second kappa shape index (κ2) is 6.69. The van der Waals surface area contributed by atoms with E-state index >= 15 is 0 Å². The molecule has 1 N–H and O–H groups in total. The Labute approximate surface area is 133 Å². The molecule has 1 amide bonds. The van der Waals surface area contributed by atoms with E-state index in [1.165, 1.54) is 16.7 Å². The van der Waals surface area contributed by atoms with Crippen LogP contribution in [0.2, 0.25) is 0 Å². The van der Waals surface area contributed by atoms with E-state index in [1.807, 2.05) is 20.8 Å². The Hall–Kier alpha value is -1.55. The summed E-state index contributed by atoms with van der Waals surface area (Å²) >= 11 is 0. The highest BCUT2D eigenvalue weighted by Gasteiger charge is 2.27. The van der Waals surface area contributed by atoms with Crippen molar-refractivity contribution in [2.45, 2.75) is 72.3 Å². The van der Waals surface area contributed by atoms with E-state index < -0.39 is 5.60 Å². The number of amides is 1. The lowest BCUT2D eigenvalue weighted by Gasteiger charge is -2.24. The molecule has 4 nitrogen and oxygen atoms in total. The lowest BCUT2D eigenvalue weighted by molar-refractivity contribution is 0.0242. The van der Waals surface area contributed by atoms with Gasteiger partial charge in [0.2, 0.25) is 0 Å². The van der Waals surface area contributed by atoms with Crippen LogP contribution in [0.3, 0.4) is 0 Å². The molecule has 0 spiro atoms. The summed E-state index contributed by atoms with van der Waals surface area (Å²) in [6.07, 6.45) is 0.889. The highest BCUT2D eigenvalue weighted by molar-refractivity contribution is 5.69. The number of carbonyl (C=O) groups excluding carboxylic acids is 1. The van der Waals surface area contributed by atoms with E-state index in [4.69, 9.17) is 4.74 Å². The summed E-state index contributed by atoms with van der Waals surface area (Å²) in [5.74, 6) is 0. The summed E-state index contributed by atoms with van der Waals surface area (Å²) in [7, 11) is 0. The number of carbonyl (C=O) groups is 1. The van der Waals surface area contributed by atoms with E-state index in [-0.39, 0.29) is 6.09 Å². The average Bonchev–Trinajstić information content (AvgIpc) is 2.86. The zero-order chi connectivity index (χ0) is 16.3. The van der Waals surface area contributed by atoms with Crippen molar-refractivity contribution in [3.8, 4) is 0 Å². The Kier molecular flexibility index (Phi) is 5.12. The molecule has 2 rings (SSSR count). The Morgan fingerprint density at radius 1 is 1.32 bits per heavy atom. The topological polar surface area (TPSA) is 41.6 Å². The van der Waals surface area contributed by atoms with Crippen molar-refractivity contribution in [1.29, 1.82) is 0 Å². The van der Waals surface area contributed by atoms with Crippen LogP contribution in [0.25, 0.3) is 0 Å². The number of nitrogens with one attached hydrogen (secondary N) is 1. The normalized spacial score (nSPS) is 15.6. The predicted octanol–water partition coefficient (Wildman–Crippen LogP) is 3.83. The molecule has 122 valence electrons. The van der Waals surface area contributed by atoms with Crippen LogP contribution in [0.5, 0.6) is 0 Å². The molecule has 1 aromatic rings. The van der Waals surface area contributed by atoms with Crippen LogP contribution in [-0.4, -0.2) is 22.6 Å². The van der Waals surface area contributed by atoms with Gasteiger partial charge < -0.3 is 10.1 Å². The van der Waals surface area contributed by atoms with Gasteiger partial charge in [0.1, 0.15) is 5.60 Å². The third-order valence-corrected chi connectivity index (χ3v) is 3.91. The van der Waals surface area contributed by atoms with Gasteiger partial charge in [0, 0.05) is 25.7 Å². The number of nitrogens with zero attached hydrogens (tertiary/aromatic N) is 1. The van der Waals surface area contributed by atoms with Crippen molar-refractivity contribution in [2.24, 2.45) is 0 Å². The Morgan fingerprint density at radius 3 is 2.64 bits per heavy atom. The van der Waals surface area contributed by atoms with Crippen molar-refractivity contribution in [2.75, 3.05) is 0 Å². The molecule has 1 atom stereocenters. The van der Waals surface area contributed by atoms with Crippen LogP contribution in [0.4, 0.5) is 4.79 Å². The van der Waals surface area contributed by atoms with Crippen LogP contribution in [0.1, 0.15) is 57.7 Å². The maximum absolute atomic E-state index is 12.2. The monoisotopic (exact) mass is 304 g/mol. The summed E-state index contributed by atoms with van der Waals surface area (Å²) in [5, 5.41) is 3.50. The Morgan fingerprint density at radius 2 is 2.00 bits per heavy atom. The van der Waals surface area contributed by atoms with E-state index in [1.54, 1.807) is 4.90 Å². The smallest absolute Gasteiger partial charge is 0.410 e. The minimum Gasteiger partial charge on any atom is -0.444 e. The third-order valence-electron chi connectivity index (χ3n) is 3.91. The maximum atomic E-state index is 12.2. The molecule has 0 aliphatic carbocycles.